The van der Waals surface area contributed by atoms with E-state index in [1.165, 1.54) is 0 Å². The third-order valence-corrected chi connectivity index (χ3v) is 6.32. The number of hydrogen-bond acceptors (Lipinski definition) is 5. The summed E-state index contributed by atoms with van der Waals surface area (Å²) >= 11 is 0. The van der Waals surface area contributed by atoms with Gasteiger partial charge in [-0.05, 0) is 61.2 Å². The number of ketones is 1. The molecule has 2 N–H and O–H groups in total. The second kappa shape index (κ2) is 8.46. The number of rotatable bonds is 4. The topological polar surface area (TPSA) is 87.1 Å². The van der Waals surface area contributed by atoms with E-state index in [1.807, 2.05) is 6.92 Å². The Hall–Kier alpha value is -3.28. The van der Waals surface area contributed by atoms with Crippen LogP contribution in [-0.4, -0.2) is 40.0 Å². The number of phenolic OH excluding ortho intramolecular Hbond substituents is 1. The van der Waals surface area contributed by atoms with Crippen molar-refractivity contribution in [3.63, 3.8) is 0 Å². The zero-order valence-corrected chi connectivity index (χ0v) is 17.8. The van der Waals surface area contributed by atoms with Gasteiger partial charge in [0.2, 0.25) is 0 Å². The standard InChI is InChI=1S/C25H27NO5/c1-15-13-19(31-2)11-12-20(15)23(28)21-22(16-7-6-10-18(27)14-16)26(25(30)24(21)29)17-8-4-3-5-9-17/h6-7,10-14,17,22,27-28H,3-5,8-9H2,1-2H3/b23-21-. The summed E-state index contributed by atoms with van der Waals surface area (Å²) in [6.07, 6.45) is 4.76. The van der Waals surface area contributed by atoms with E-state index in [1.54, 1.807) is 54.5 Å². The first-order valence-corrected chi connectivity index (χ1v) is 10.7. The second-order valence-corrected chi connectivity index (χ2v) is 8.27. The van der Waals surface area contributed by atoms with Crippen LogP contribution in [0.3, 0.4) is 0 Å². The van der Waals surface area contributed by atoms with Gasteiger partial charge in [-0.1, -0.05) is 31.4 Å². The maximum absolute atomic E-state index is 13.2. The molecule has 1 aliphatic carbocycles. The monoisotopic (exact) mass is 421 g/mol. The number of methoxy groups -OCH3 is 1. The van der Waals surface area contributed by atoms with Crippen LogP contribution in [-0.2, 0) is 9.59 Å². The molecule has 1 saturated heterocycles. The Kier molecular flexibility index (Phi) is 5.72. The largest absolute Gasteiger partial charge is 0.508 e. The Labute approximate surface area is 181 Å². The SMILES string of the molecule is COc1ccc(/C(O)=C2/C(=O)C(=O)N(C3CCCCC3)C2c2cccc(O)c2)c(C)c1. The van der Waals surface area contributed by atoms with Gasteiger partial charge in [-0.25, -0.2) is 0 Å². The number of benzene rings is 2. The van der Waals surface area contributed by atoms with Gasteiger partial charge in [0.15, 0.2) is 0 Å². The quantitative estimate of drug-likeness (QED) is 0.432. The van der Waals surface area contributed by atoms with Gasteiger partial charge < -0.3 is 19.8 Å². The highest BCUT2D eigenvalue weighted by Crippen LogP contribution is 2.44. The summed E-state index contributed by atoms with van der Waals surface area (Å²) in [6, 6.07) is 10.9. The molecule has 31 heavy (non-hydrogen) atoms. The highest BCUT2D eigenvalue weighted by atomic mass is 16.5. The van der Waals surface area contributed by atoms with E-state index in [0.29, 0.717) is 16.9 Å². The van der Waals surface area contributed by atoms with E-state index in [9.17, 15) is 19.8 Å². The van der Waals surface area contributed by atoms with Crippen molar-refractivity contribution in [2.45, 2.75) is 51.1 Å². The normalized spacial score (nSPS) is 21.5. The molecule has 2 aromatic rings. The lowest BCUT2D eigenvalue weighted by Crippen LogP contribution is -2.40. The summed E-state index contributed by atoms with van der Waals surface area (Å²) in [5.41, 5.74) is 1.88. The minimum absolute atomic E-state index is 0.0485. The van der Waals surface area contributed by atoms with Crippen molar-refractivity contribution in [2.24, 2.45) is 0 Å². The molecule has 2 fully saturated rings. The summed E-state index contributed by atoms with van der Waals surface area (Å²) in [5, 5.41) is 21.3. The molecule has 2 aliphatic rings. The Bertz CT molecular complexity index is 1050. The smallest absolute Gasteiger partial charge is 0.295 e. The number of likely N-dealkylation sites (tertiary alicyclic amines) is 1. The summed E-state index contributed by atoms with van der Waals surface area (Å²) in [5.74, 6) is -0.793. The third kappa shape index (κ3) is 3.78. The fourth-order valence-electron chi connectivity index (χ4n) is 4.78. The van der Waals surface area contributed by atoms with Gasteiger partial charge in [-0.15, -0.1) is 0 Å². The molecule has 0 spiro atoms. The van der Waals surface area contributed by atoms with Gasteiger partial charge in [-0.3, -0.25) is 9.59 Å². The number of nitrogens with zero attached hydrogens (tertiary/aromatic N) is 1. The van der Waals surface area contributed by atoms with Crippen molar-refractivity contribution >= 4 is 17.4 Å². The van der Waals surface area contributed by atoms with Crippen LogP contribution in [0, 0.1) is 6.92 Å². The molecule has 1 amide bonds. The molecular formula is C25H27NO5. The first-order chi connectivity index (χ1) is 14.9. The van der Waals surface area contributed by atoms with Crippen molar-refractivity contribution in [1.29, 1.82) is 0 Å². The number of aliphatic hydroxyl groups excluding tert-OH is 1. The lowest BCUT2D eigenvalue weighted by atomic mass is 9.90. The van der Waals surface area contributed by atoms with Crippen LogP contribution in [0.2, 0.25) is 0 Å². The lowest BCUT2D eigenvalue weighted by Gasteiger charge is -2.35. The van der Waals surface area contributed by atoms with Crippen LogP contribution in [0.5, 0.6) is 11.5 Å². The number of aryl methyl sites for hydroxylation is 1. The van der Waals surface area contributed by atoms with Crippen molar-refractivity contribution in [1.82, 2.24) is 4.90 Å². The maximum atomic E-state index is 13.2. The van der Waals surface area contributed by atoms with Crippen LogP contribution < -0.4 is 4.74 Å². The molecule has 1 heterocycles. The molecule has 0 radical (unpaired) electrons. The van der Waals surface area contributed by atoms with Gasteiger partial charge in [0, 0.05) is 11.6 Å². The van der Waals surface area contributed by atoms with E-state index in [0.717, 1.165) is 37.7 Å². The first kappa shape index (κ1) is 21.0. The summed E-state index contributed by atoms with van der Waals surface area (Å²) < 4.78 is 5.24. The van der Waals surface area contributed by atoms with Gasteiger partial charge in [0.25, 0.3) is 11.7 Å². The highest BCUT2D eigenvalue weighted by molar-refractivity contribution is 6.46. The third-order valence-electron chi connectivity index (χ3n) is 6.32. The lowest BCUT2D eigenvalue weighted by molar-refractivity contribution is -0.141. The minimum Gasteiger partial charge on any atom is -0.508 e. The molecule has 1 atom stereocenters. The molecule has 0 aromatic heterocycles. The molecule has 6 heteroatoms. The Morgan fingerprint density at radius 3 is 2.45 bits per heavy atom. The van der Waals surface area contributed by atoms with Gasteiger partial charge >= 0.3 is 0 Å². The average molecular weight is 421 g/mol. The number of amides is 1. The molecule has 0 bridgehead atoms. The van der Waals surface area contributed by atoms with E-state index >= 15 is 0 Å². The van der Waals surface area contributed by atoms with Crippen LogP contribution in [0.4, 0.5) is 0 Å². The van der Waals surface area contributed by atoms with E-state index in [2.05, 4.69) is 0 Å². The van der Waals surface area contributed by atoms with Crippen LogP contribution >= 0.6 is 0 Å². The molecule has 1 unspecified atom stereocenters. The van der Waals surface area contributed by atoms with Crippen LogP contribution in [0.1, 0.15) is 54.8 Å². The predicted molar refractivity (Wildman–Crippen MR) is 117 cm³/mol. The van der Waals surface area contributed by atoms with Gasteiger partial charge in [-0.2, -0.15) is 0 Å². The molecule has 1 aliphatic heterocycles. The number of carbonyl (C=O) groups excluding carboxylic acids is 2. The molecular weight excluding hydrogens is 394 g/mol. The first-order valence-electron chi connectivity index (χ1n) is 10.7. The fraction of sp³-hybridized carbons (Fsp3) is 0.360. The zero-order valence-electron chi connectivity index (χ0n) is 17.8. The molecule has 1 saturated carbocycles. The van der Waals surface area contributed by atoms with E-state index in [4.69, 9.17) is 4.74 Å². The maximum Gasteiger partial charge on any atom is 0.295 e. The minimum atomic E-state index is -0.739. The van der Waals surface area contributed by atoms with E-state index < -0.39 is 17.7 Å². The fourth-order valence-corrected chi connectivity index (χ4v) is 4.78. The number of ether oxygens (including phenoxy) is 1. The zero-order chi connectivity index (χ0) is 22.1. The average Bonchev–Trinajstić information content (AvgIpc) is 3.04. The second-order valence-electron chi connectivity index (χ2n) is 8.27. The Morgan fingerprint density at radius 2 is 1.81 bits per heavy atom. The Balaban J connectivity index is 1.89. The van der Waals surface area contributed by atoms with Crippen molar-refractivity contribution < 1.29 is 24.5 Å². The van der Waals surface area contributed by atoms with E-state index in [-0.39, 0.29) is 23.1 Å². The van der Waals surface area contributed by atoms with Crippen LogP contribution in [0.25, 0.3) is 5.76 Å². The molecule has 4 rings (SSSR count). The van der Waals surface area contributed by atoms with Gasteiger partial charge in [0.05, 0.1) is 18.7 Å². The summed E-state index contributed by atoms with van der Waals surface area (Å²) in [4.78, 5) is 28.0. The number of Topliss-reactive ketones (excluding diaryl/α,β-unsaturated/α-hetero) is 1. The van der Waals surface area contributed by atoms with Gasteiger partial charge in [0.1, 0.15) is 17.3 Å². The van der Waals surface area contributed by atoms with Crippen molar-refractivity contribution in [3.8, 4) is 11.5 Å². The highest BCUT2D eigenvalue weighted by Gasteiger charge is 2.49. The number of carbonyl (C=O) groups is 2. The van der Waals surface area contributed by atoms with Crippen molar-refractivity contribution in [3.05, 3.63) is 64.7 Å². The summed E-state index contributed by atoms with van der Waals surface area (Å²) in [6.45, 7) is 1.82. The molecule has 6 nitrogen and oxygen atoms in total. The number of phenols is 1. The number of hydrogen-bond donors (Lipinski definition) is 2. The van der Waals surface area contributed by atoms with Crippen LogP contribution in [0.15, 0.2) is 48.0 Å². The summed E-state index contributed by atoms with van der Waals surface area (Å²) in [7, 11) is 1.56. The molecule has 2 aromatic carbocycles. The Morgan fingerprint density at radius 1 is 1.06 bits per heavy atom. The number of aliphatic hydroxyl groups is 1. The number of aromatic hydroxyl groups is 1. The predicted octanol–water partition coefficient (Wildman–Crippen LogP) is 4.46. The van der Waals surface area contributed by atoms with Crippen molar-refractivity contribution in [2.75, 3.05) is 7.11 Å². The molecule has 162 valence electrons.